The summed E-state index contributed by atoms with van der Waals surface area (Å²) in [5.41, 5.74) is 0.615. The molecule has 6 nitrogen and oxygen atoms in total. The molecule has 0 aliphatic rings. The van der Waals surface area contributed by atoms with E-state index >= 15 is 0 Å². The molecule has 0 unspecified atom stereocenters. The summed E-state index contributed by atoms with van der Waals surface area (Å²) in [6.45, 7) is -0.698. The molecule has 0 spiro atoms. The van der Waals surface area contributed by atoms with Crippen LogP contribution in [0.3, 0.4) is 0 Å². The van der Waals surface area contributed by atoms with Crippen molar-refractivity contribution in [1.29, 1.82) is 0 Å². The van der Waals surface area contributed by atoms with Crippen molar-refractivity contribution in [3.05, 3.63) is 53.0 Å². The van der Waals surface area contributed by atoms with Crippen LogP contribution in [0.15, 0.2) is 53.0 Å². The van der Waals surface area contributed by atoms with Gasteiger partial charge in [0.2, 0.25) is 0 Å². The highest BCUT2D eigenvalue weighted by atomic mass is 79.9. The molecule has 7 heteroatoms. The number of ether oxygens (including phenoxy) is 3. The molecule has 0 bridgehead atoms. The van der Waals surface area contributed by atoms with Crippen molar-refractivity contribution >= 4 is 33.5 Å². The predicted octanol–water partition coefficient (Wildman–Crippen LogP) is 3.02. The van der Waals surface area contributed by atoms with E-state index in [0.29, 0.717) is 17.2 Å². The van der Waals surface area contributed by atoms with Crippen LogP contribution in [0.2, 0.25) is 0 Å². The standard InChI is InChI=1S/C17H16BrNO5/c1-22-14-4-2-3-5-15(14)23-11-17(21)24-10-16(20)19-13-8-6-12(18)7-9-13/h2-9H,10-11H2,1H3,(H,19,20). The summed E-state index contributed by atoms with van der Waals surface area (Å²) in [6.07, 6.45) is 0. The van der Waals surface area contributed by atoms with E-state index in [1.807, 2.05) is 0 Å². The van der Waals surface area contributed by atoms with Crippen LogP contribution in [0.5, 0.6) is 11.5 Å². The van der Waals surface area contributed by atoms with Crippen LogP contribution in [0.4, 0.5) is 5.69 Å². The van der Waals surface area contributed by atoms with Crippen molar-refractivity contribution < 1.29 is 23.8 Å². The number of anilines is 1. The van der Waals surface area contributed by atoms with E-state index in [1.54, 1.807) is 48.5 Å². The average Bonchev–Trinajstić information content (AvgIpc) is 2.60. The van der Waals surface area contributed by atoms with E-state index in [1.165, 1.54) is 7.11 Å². The van der Waals surface area contributed by atoms with Gasteiger partial charge in [-0.25, -0.2) is 4.79 Å². The highest BCUT2D eigenvalue weighted by molar-refractivity contribution is 9.10. The molecule has 0 aromatic heterocycles. The highest BCUT2D eigenvalue weighted by Gasteiger charge is 2.10. The Bertz CT molecular complexity index is 702. The van der Waals surface area contributed by atoms with Crippen LogP contribution in [-0.2, 0) is 14.3 Å². The maximum absolute atomic E-state index is 11.7. The van der Waals surface area contributed by atoms with Crippen molar-refractivity contribution in [1.82, 2.24) is 0 Å². The number of nitrogens with one attached hydrogen (secondary N) is 1. The minimum Gasteiger partial charge on any atom is -0.493 e. The quantitative estimate of drug-likeness (QED) is 0.731. The second-order valence-corrected chi connectivity index (χ2v) is 5.57. The van der Waals surface area contributed by atoms with Crippen molar-refractivity contribution in [2.45, 2.75) is 0 Å². The normalized spacial score (nSPS) is 9.92. The molecule has 2 rings (SSSR count). The first kappa shape index (κ1) is 17.8. The fourth-order valence-electron chi connectivity index (χ4n) is 1.79. The van der Waals surface area contributed by atoms with Crippen LogP contribution < -0.4 is 14.8 Å². The van der Waals surface area contributed by atoms with Crippen molar-refractivity contribution in [2.24, 2.45) is 0 Å². The Hall–Kier alpha value is -2.54. The van der Waals surface area contributed by atoms with Crippen LogP contribution in [0.1, 0.15) is 0 Å². The van der Waals surface area contributed by atoms with Gasteiger partial charge in [0.1, 0.15) is 0 Å². The lowest BCUT2D eigenvalue weighted by Crippen LogP contribution is -2.23. The van der Waals surface area contributed by atoms with Gasteiger partial charge in [0.05, 0.1) is 7.11 Å². The summed E-state index contributed by atoms with van der Waals surface area (Å²) in [5, 5.41) is 2.62. The molecule has 0 saturated heterocycles. The second kappa shape index (κ2) is 8.93. The third-order valence-corrected chi connectivity index (χ3v) is 3.44. The summed E-state index contributed by atoms with van der Waals surface area (Å²) in [7, 11) is 1.51. The predicted molar refractivity (Wildman–Crippen MR) is 92.2 cm³/mol. The van der Waals surface area contributed by atoms with Gasteiger partial charge >= 0.3 is 5.97 Å². The van der Waals surface area contributed by atoms with Gasteiger partial charge in [-0.3, -0.25) is 4.79 Å². The Morgan fingerprint density at radius 1 is 1.00 bits per heavy atom. The van der Waals surface area contributed by atoms with E-state index in [4.69, 9.17) is 14.2 Å². The number of carbonyl (C=O) groups is 2. The lowest BCUT2D eigenvalue weighted by Gasteiger charge is -2.10. The number of amides is 1. The first-order chi connectivity index (χ1) is 11.6. The summed E-state index contributed by atoms with van der Waals surface area (Å²) in [4.78, 5) is 23.4. The zero-order valence-corrected chi connectivity index (χ0v) is 14.5. The van der Waals surface area contributed by atoms with Crippen LogP contribution in [0.25, 0.3) is 0 Å². The topological polar surface area (TPSA) is 73.9 Å². The van der Waals surface area contributed by atoms with E-state index in [0.717, 1.165) is 4.47 Å². The Morgan fingerprint density at radius 3 is 2.33 bits per heavy atom. The summed E-state index contributed by atoms with van der Waals surface area (Å²) in [6, 6.07) is 14.0. The number of methoxy groups -OCH3 is 1. The maximum atomic E-state index is 11.7. The van der Waals surface area contributed by atoms with Gasteiger partial charge in [0, 0.05) is 10.2 Å². The van der Waals surface area contributed by atoms with E-state index < -0.39 is 11.9 Å². The number of benzene rings is 2. The number of hydrogen-bond acceptors (Lipinski definition) is 5. The Morgan fingerprint density at radius 2 is 1.67 bits per heavy atom. The Kier molecular flexibility index (Phi) is 6.62. The molecule has 0 radical (unpaired) electrons. The first-order valence-electron chi connectivity index (χ1n) is 7.05. The molecule has 24 heavy (non-hydrogen) atoms. The smallest absolute Gasteiger partial charge is 0.344 e. The largest absolute Gasteiger partial charge is 0.493 e. The third kappa shape index (κ3) is 5.58. The Balaban J connectivity index is 1.74. The first-order valence-corrected chi connectivity index (χ1v) is 7.84. The third-order valence-electron chi connectivity index (χ3n) is 2.91. The maximum Gasteiger partial charge on any atom is 0.344 e. The monoisotopic (exact) mass is 393 g/mol. The molecular weight excluding hydrogens is 378 g/mol. The fraction of sp³-hybridized carbons (Fsp3) is 0.176. The average molecular weight is 394 g/mol. The molecule has 1 amide bonds. The van der Waals surface area contributed by atoms with Gasteiger partial charge in [0.15, 0.2) is 24.7 Å². The molecule has 126 valence electrons. The van der Waals surface area contributed by atoms with Crippen molar-refractivity contribution in [3.8, 4) is 11.5 Å². The summed E-state index contributed by atoms with van der Waals surface area (Å²) in [5.74, 6) is -0.135. The zero-order valence-electron chi connectivity index (χ0n) is 13.0. The second-order valence-electron chi connectivity index (χ2n) is 4.66. The molecule has 0 aliphatic heterocycles. The molecule has 0 heterocycles. The lowest BCUT2D eigenvalue weighted by atomic mass is 10.3. The molecular formula is C17H16BrNO5. The van der Waals surface area contributed by atoms with Gasteiger partial charge < -0.3 is 19.5 Å². The number of para-hydroxylation sites is 2. The van der Waals surface area contributed by atoms with Crippen LogP contribution >= 0.6 is 15.9 Å². The van der Waals surface area contributed by atoms with Crippen LogP contribution in [0, 0.1) is 0 Å². The van der Waals surface area contributed by atoms with Gasteiger partial charge in [-0.15, -0.1) is 0 Å². The number of halogens is 1. The minimum absolute atomic E-state index is 0.314. The zero-order chi connectivity index (χ0) is 17.4. The molecule has 0 fully saturated rings. The van der Waals surface area contributed by atoms with Crippen molar-refractivity contribution in [2.75, 3.05) is 25.6 Å². The summed E-state index contributed by atoms with van der Waals surface area (Å²) >= 11 is 3.30. The number of rotatable bonds is 7. The van der Waals surface area contributed by atoms with Crippen molar-refractivity contribution in [3.63, 3.8) is 0 Å². The van der Waals surface area contributed by atoms with Gasteiger partial charge in [0.25, 0.3) is 5.91 Å². The number of hydrogen-bond donors (Lipinski definition) is 1. The van der Waals surface area contributed by atoms with Crippen LogP contribution in [-0.4, -0.2) is 32.2 Å². The fourth-order valence-corrected chi connectivity index (χ4v) is 2.06. The molecule has 0 aliphatic carbocycles. The van der Waals surface area contributed by atoms with E-state index in [2.05, 4.69) is 21.2 Å². The van der Waals surface area contributed by atoms with Gasteiger partial charge in [-0.2, -0.15) is 0 Å². The van der Waals surface area contributed by atoms with E-state index in [9.17, 15) is 9.59 Å². The van der Waals surface area contributed by atoms with Gasteiger partial charge in [-0.05, 0) is 36.4 Å². The molecule has 0 saturated carbocycles. The molecule has 1 N–H and O–H groups in total. The lowest BCUT2D eigenvalue weighted by molar-refractivity contribution is -0.149. The molecule has 0 atom stereocenters. The number of carbonyl (C=O) groups excluding carboxylic acids is 2. The Labute approximate surface area is 147 Å². The summed E-state index contributed by atoms with van der Waals surface area (Å²) < 4.78 is 16.2. The SMILES string of the molecule is COc1ccccc1OCC(=O)OCC(=O)Nc1ccc(Br)cc1. The van der Waals surface area contributed by atoms with E-state index in [-0.39, 0.29) is 13.2 Å². The highest BCUT2D eigenvalue weighted by Crippen LogP contribution is 2.25. The molecule has 2 aromatic carbocycles. The number of esters is 1. The van der Waals surface area contributed by atoms with Gasteiger partial charge in [-0.1, -0.05) is 28.1 Å². The minimum atomic E-state index is -0.646. The molecule has 2 aromatic rings.